The summed E-state index contributed by atoms with van der Waals surface area (Å²) >= 11 is 0. The number of carbonyl (C=O) groups excluding carboxylic acids is 1. The molecule has 1 atom stereocenters. The molecule has 98 valence electrons. The smallest absolute Gasteiger partial charge is 0.334 e. The topological polar surface area (TPSA) is 63.7 Å². The van der Waals surface area contributed by atoms with Crippen molar-refractivity contribution < 1.29 is 18.7 Å². The first kappa shape index (κ1) is 11.7. The van der Waals surface area contributed by atoms with Crippen LogP contribution >= 0.6 is 0 Å². The number of nitrogens with zero attached hydrogens (tertiary/aromatic N) is 1. The number of nitrogens with one attached hydrogen (secondary N) is 1. The summed E-state index contributed by atoms with van der Waals surface area (Å²) in [4.78, 5) is 18.5. The summed E-state index contributed by atoms with van der Waals surface area (Å²) in [5.41, 5.74) is 1.40. The number of aliphatic imine (C=N–C) groups is 1. The second-order valence-corrected chi connectivity index (χ2v) is 4.20. The normalized spacial score (nSPS) is 18.2. The number of esters is 1. The minimum absolute atomic E-state index is 0.158. The Kier molecular flexibility index (Phi) is 2.70. The SMILES string of the molecule is COC(=O)C1COC(c2cc3cc(F)ccc3[nH]2)=N1. The van der Waals surface area contributed by atoms with Gasteiger partial charge in [-0.3, -0.25) is 0 Å². The average Bonchev–Trinajstić information content (AvgIpc) is 3.03. The molecule has 1 unspecified atom stereocenters. The Balaban J connectivity index is 1.95. The van der Waals surface area contributed by atoms with Crippen LogP contribution < -0.4 is 0 Å². The minimum atomic E-state index is -0.636. The highest BCUT2D eigenvalue weighted by atomic mass is 19.1. The molecule has 0 saturated carbocycles. The number of hydrogen-bond acceptors (Lipinski definition) is 4. The number of benzene rings is 1. The maximum Gasteiger partial charge on any atom is 0.334 e. The van der Waals surface area contributed by atoms with Gasteiger partial charge in [0.1, 0.15) is 18.1 Å². The Labute approximate surface area is 108 Å². The summed E-state index contributed by atoms with van der Waals surface area (Å²) in [5, 5.41) is 0.725. The van der Waals surface area contributed by atoms with Crippen molar-refractivity contribution in [3.63, 3.8) is 0 Å². The molecule has 0 radical (unpaired) electrons. The second-order valence-electron chi connectivity index (χ2n) is 4.20. The van der Waals surface area contributed by atoms with Crippen molar-refractivity contribution in [3.05, 3.63) is 35.8 Å². The molecule has 3 rings (SSSR count). The summed E-state index contributed by atoms with van der Waals surface area (Å²) in [6.07, 6.45) is 0. The Morgan fingerprint density at radius 2 is 2.37 bits per heavy atom. The molecule has 1 aliphatic heterocycles. The molecular weight excluding hydrogens is 251 g/mol. The zero-order valence-corrected chi connectivity index (χ0v) is 10.1. The molecule has 1 aromatic heterocycles. The van der Waals surface area contributed by atoms with Gasteiger partial charge >= 0.3 is 5.97 Å². The number of hydrogen-bond donors (Lipinski definition) is 1. The molecule has 0 bridgehead atoms. The largest absolute Gasteiger partial charge is 0.473 e. The van der Waals surface area contributed by atoms with Gasteiger partial charge < -0.3 is 14.5 Å². The first-order valence-electron chi connectivity index (χ1n) is 5.74. The zero-order chi connectivity index (χ0) is 13.4. The van der Waals surface area contributed by atoms with Crippen LogP contribution in [0.3, 0.4) is 0 Å². The van der Waals surface area contributed by atoms with Gasteiger partial charge in [-0.25, -0.2) is 14.2 Å². The molecule has 2 heterocycles. The van der Waals surface area contributed by atoms with Crippen molar-refractivity contribution in [2.24, 2.45) is 4.99 Å². The molecule has 2 aromatic rings. The molecule has 0 saturated heterocycles. The predicted molar refractivity (Wildman–Crippen MR) is 66.5 cm³/mol. The maximum atomic E-state index is 13.1. The van der Waals surface area contributed by atoms with Crippen LogP contribution in [-0.4, -0.2) is 36.6 Å². The summed E-state index contributed by atoms with van der Waals surface area (Å²) in [5.74, 6) is -0.399. The van der Waals surface area contributed by atoms with E-state index in [0.29, 0.717) is 11.6 Å². The van der Waals surface area contributed by atoms with Gasteiger partial charge in [-0.05, 0) is 24.3 Å². The molecule has 19 heavy (non-hydrogen) atoms. The molecule has 0 aliphatic carbocycles. The van der Waals surface area contributed by atoms with Crippen molar-refractivity contribution in [1.29, 1.82) is 0 Å². The van der Waals surface area contributed by atoms with E-state index >= 15 is 0 Å². The third kappa shape index (κ3) is 2.05. The number of carbonyl (C=O) groups is 1. The number of aromatic nitrogens is 1. The number of methoxy groups -OCH3 is 1. The van der Waals surface area contributed by atoms with Gasteiger partial charge in [0.15, 0.2) is 6.04 Å². The van der Waals surface area contributed by atoms with Crippen molar-refractivity contribution >= 4 is 22.8 Å². The van der Waals surface area contributed by atoms with Gasteiger partial charge in [0.2, 0.25) is 5.90 Å². The van der Waals surface area contributed by atoms with E-state index in [1.807, 2.05) is 0 Å². The van der Waals surface area contributed by atoms with E-state index in [1.54, 1.807) is 12.1 Å². The lowest BCUT2D eigenvalue weighted by atomic mass is 10.2. The Morgan fingerprint density at radius 1 is 1.53 bits per heavy atom. The first-order chi connectivity index (χ1) is 9.17. The third-order valence-corrected chi connectivity index (χ3v) is 2.94. The minimum Gasteiger partial charge on any atom is -0.473 e. The van der Waals surface area contributed by atoms with Crippen LogP contribution in [0.15, 0.2) is 29.3 Å². The zero-order valence-electron chi connectivity index (χ0n) is 10.1. The second kappa shape index (κ2) is 4.38. The molecule has 1 aliphatic rings. The van der Waals surface area contributed by atoms with Gasteiger partial charge in [0.05, 0.1) is 7.11 Å². The lowest BCUT2D eigenvalue weighted by Crippen LogP contribution is -2.21. The predicted octanol–water partition coefficient (Wildman–Crippen LogP) is 1.63. The van der Waals surface area contributed by atoms with Gasteiger partial charge in [0, 0.05) is 10.9 Å². The van der Waals surface area contributed by atoms with Crippen LogP contribution in [0.4, 0.5) is 4.39 Å². The molecule has 0 fully saturated rings. The monoisotopic (exact) mass is 262 g/mol. The maximum absolute atomic E-state index is 13.1. The highest BCUT2D eigenvalue weighted by Crippen LogP contribution is 2.20. The van der Waals surface area contributed by atoms with Crippen LogP contribution in [0.2, 0.25) is 0 Å². The lowest BCUT2D eigenvalue weighted by Gasteiger charge is -2.00. The first-order valence-corrected chi connectivity index (χ1v) is 5.74. The van der Waals surface area contributed by atoms with Gasteiger partial charge in [-0.1, -0.05) is 0 Å². The van der Waals surface area contributed by atoms with Crippen molar-refractivity contribution in [2.45, 2.75) is 6.04 Å². The fourth-order valence-corrected chi connectivity index (χ4v) is 2.00. The van der Waals surface area contributed by atoms with Crippen LogP contribution in [-0.2, 0) is 14.3 Å². The average molecular weight is 262 g/mol. The molecule has 6 heteroatoms. The summed E-state index contributed by atoms with van der Waals surface area (Å²) < 4.78 is 23.1. The third-order valence-electron chi connectivity index (χ3n) is 2.94. The number of aromatic amines is 1. The van der Waals surface area contributed by atoms with Gasteiger partial charge in [-0.15, -0.1) is 0 Å². The van der Waals surface area contributed by atoms with E-state index in [9.17, 15) is 9.18 Å². The highest BCUT2D eigenvalue weighted by molar-refractivity contribution is 6.00. The number of H-pyrrole nitrogens is 1. The summed E-state index contributed by atoms with van der Waals surface area (Å²) in [6, 6.07) is 5.53. The van der Waals surface area contributed by atoms with Crippen molar-refractivity contribution in [2.75, 3.05) is 13.7 Å². The number of rotatable bonds is 2. The van der Waals surface area contributed by atoms with E-state index in [1.165, 1.54) is 19.2 Å². The van der Waals surface area contributed by atoms with E-state index in [-0.39, 0.29) is 12.4 Å². The standard InChI is InChI=1S/C13H11FN2O3/c1-18-13(17)11-6-19-12(16-11)10-5-7-4-8(14)2-3-9(7)15-10/h2-5,11,15H,6H2,1H3. The number of ether oxygens (including phenoxy) is 2. The van der Waals surface area contributed by atoms with Crippen LogP contribution in [0, 0.1) is 5.82 Å². The molecule has 0 amide bonds. The Bertz CT molecular complexity index is 678. The van der Waals surface area contributed by atoms with Crippen molar-refractivity contribution in [1.82, 2.24) is 4.98 Å². The molecule has 1 N–H and O–H groups in total. The molecular formula is C13H11FN2O3. The van der Waals surface area contributed by atoms with E-state index in [4.69, 9.17) is 4.74 Å². The van der Waals surface area contributed by atoms with E-state index in [2.05, 4.69) is 14.7 Å². The molecule has 0 spiro atoms. The lowest BCUT2D eigenvalue weighted by molar-refractivity contribution is -0.142. The van der Waals surface area contributed by atoms with Crippen LogP contribution in [0.5, 0.6) is 0 Å². The van der Waals surface area contributed by atoms with Crippen LogP contribution in [0.25, 0.3) is 10.9 Å². The fourth-order valence-electron chi connectivity index (χ4n) is 2.00. The highest BCUT2D eigenvalue weighted by Gasteiger charge is 2.27. The van der Waals surface area contributed by atoms with Crippen molar-refractivity contribution in [3.8, 4) is 0 Å². The summed E-state index contributed by atoms with van der Waals surface area (Å²) in [6.45, 7) is 0.158. The molecule has 5 nitrogen and oxygen atoms in total. The number of halogens is 1. The molecule has 1 aromatic carbocycles. The Hall–Kier alpha value is -2.37. The quantitative estimate of drug-likeness (QED) is 0.836. The van der Waals surface area contributed by atoms with E-state index < -0.39 is 12.0 Å². The van der Waals surface area contributed by atoms with Gasteiger partial charge in [0.25, 0.3) is 0 Å². The number of fused-ring (bicyclic) bond motifs is 1. The summed E-state index contributed by atoms with van der Waals surface area (Å²) in [7, 11) is 1.31. The van der Waals surface area contributed by atoms with Crippen LogP contribution in [0.1, 0.15) is 5.69 Å². The van der Waals surface area contributed by atoms with E-state index in [0.717, 1.165) is 10.9 Å². The fraction of sp³-hybridized carbons (Fsp3) is 0.231. The van der Waals surface area contributed by atoms with Gasteiger partial charge in [-0.2, -0.15) is 0 Å². The Morgan fingerprint density at radius 3 is 3.16 bits per heavy atom.